The minimum absolute atomic E-state index is 0.100. The summed E-state index contributed by atoms with van der Waals surface area (Å²) >= 11 is 5.71. The van der Waals surface area contributed by atoms with Crippen molar-refractivity contribution in [3.63, 3.8) is 0 Å². The van der Waals surface area contributed by atoms with E-state index in [2.05, 4.69) is 10.6 Å². The van der Waals surface area contributed by atoms with Crippen LogP contribution in [0.1, 0.15) is 0 Å². The van der Waals surface area contributed by atoms with Crippen molar-refractivity contribution in [2.75, 3.05) is 12.4 Å². The standard InChI is InChI=1S/C14H12ClFN2O2/c1-17-14(19)18-12-7-10(15)11(16)8-13(12)20-9-5-3-2-4-6-9/h2-8H,1H3,(H2,17,18,19). The highest BCUT2D eigenvalue weighted by atomic mass is 35.5. The lowest BCUT2D eigenvalue weighted by Gasteiger charge is -2.13. The number of hydrogen-bond donors (Lipinski definition) is 2. The van der Waals surface area contributed by atoms with Crippen LogP contribution in [0, 0.1) is 5.82 Å². The van der Waals surface area contributed by atoms with E-state index in [1.54, 1.807) is 24.3 Å². The van der Waals surface area contributed by atoms with Gasteiger partial charge in [0, 0.05) is 13.1 Å². The molecule has 2 amide bonds. The molecule has 2 aromatic rings. The fourth-order valence-electron chi connectivity index (χ4n) is 1.51. The predicted molar refractivity (Wildman–Crippen MR) is 76.0 cm³/mol. The monoisotopic (exact) mass is 294 g/mol. The first-order chi connectivity index (χ1) is 9.60. The summed E-state index contributed by atoms with van der Waals surface area (Å²) in [7, 11) is 1.47. The highest BCUT2D eigenvalue weighted by molar-refractivity contribution is 6.31. The highest BCUT2D eigenvalue weighted by Crippen LogP contribution is 2.33. The zero-order chi connectivity index (χ0) is 14.5. The van der Waals surface area contributed by atoms with Gasteiger partial charge in [0.15, 0.2) is 5.75 Å². The van der Waals surface area contributed by atoms with E-state index in [-0.39, 0.29) is 16.5 Å². The van der Waals surface area contributed by atoms with E-state index in [0.717, 1.165) is 6.07 Å². The molecule has 0 heterocycles. The minimum Gasteiger partial charge on any atom is -0.455 e. The SMILES string of the molecule is CNC(=O)Nc1cc(Cl)c(F)cc1Oc1ccccc1. The highest BCUT2D eigenvalue weighted by Gasteiger charge is 2.12. The van der Waals surface area contributed by atoms with Crippen LogP contribution in [0.15, 0.2) is 42.5 Å². The number of urea groups is 1. The molecule has 0 saturated carbocycles. The van der Waals surface area contributed by atoms with Crippen LogP contribution >= 0.6 is 11.6 Å². The molecule has 2 rings (SSSR count). The van der Waals surface area contributed by atoms with Crippen LogP contribution in [0.4, 0.5) is 14.9 Å². The molecule has 0 unspecified atom stereocenters. The summed E-state index contributed by atoms with van der Waals surface area (Å²) in [5, 5.41) is 4.82. The molecule has 0 radical (unpaired) electrons. The quantitative estimate of drug-likeness (QED) is 0.898. The predicted octanol–water partition coefficient (Wildman–Crippen LogP) is 4.02. The van der Waals surface area contributed by atoms with Crippen LogP contribution in [0.25, 0.3) is 0 Å². The molecule has 0 aromatic heterocycles. The van der Waals surface area contributed by atoms with E-state index in [1.165, 1.54) is 13.1 Å². The van der Waals surface area contributed by atoms with Crippen molar-refractivity contribution in [3.05, 3.63) is 53.3 Å². The fraction of sp³-hybridized carbons (Fsp3) is 0.0714. The van der Waals surface area contributed by atoms with Crippen LogP contribution in [-0.2, 0) is 0 Å². The van der Waals surface area contributed by atoms with Gasteiger partial charge in [-0.2, -0.15) is 0 Å². The second-order valence-electron chi connectivity index (χ2n) is 3.88. The molecule has 2 aromatic carbocycles. The van der Waals surface area contributed by atoms with Gasteiger partial charge < -0.3 is 15.4 Å². The maximum absolute atomic E-state index is 13.5. The van der Waals surface area contributed by atoms with E-state index < -0.39 is 11.8 Å². The van der Waals surface area contributed by atoms with Crippen molar-refractivity contribution in [2.45, 2.75) is 0 Å². The van der Waals surface area contributed by atoms with Gasteiger partial charge in [0.1, 0.15) is 11.6 Å². The number of para-hydroxylation sites is 1. The number of carbonyl (C=O) groups excluding carboxylic acids is 1. The zero-order valence-electron chi connectivity index (χ0n) is 10.6. The third-order valence-electron chi connectivity index (χ3n) is 2.47. The summed E-state index contributed by atoms with van der Waals surface area (Å²) in [5.74, 6) is 0.0657. The molecule has 0 spiro atoms. The number of amides is 2. The third kappa shape index (κ3) is 3.39. The Morgan fingerprint density at radius 1 is 1.25 bits per heavy atom. The molecule has 4 nitrogen and oxygen atoms in total. The van der Waals surface area contributed by atoms with Crippen molar-refractivity contribution in [1.29, 1.82) is 0 Å². The van der Waals surface area contributed by atoms with E-state index >= 15 is 0 Å². The second kappa shape index (κ2) is 6.25. The first kappa shape index (κ1) is 14.1. The summed E-state index contributed by atoms with van der Waals surface area (Å²) < 4.78 is 19.1. The smallest absolute Gasteiger partial charge is 0.319 e. The summed E-state index contributed by atoms with van der Waals surface area (Å²) in [6.07, 6.45) is 0. The van der Waals surface area contributed by atoms with Crippen molar-refractivity contribution in [1.82, 2.24) is 5.32 Å². The normalized spacial score (nSPS) is 9.95. The molecule has 0 bridgehead atoms. The molecule has 0 saturated heterocycles. The lowest BCUT2D eigenvalue weighted by atomic mass is 10.2. The van der Waals surface area contributed by atoms with Crippen LogP contribution in [0.3, 0.4) is 0 Å². The molecule has 0 fully saturated rings. The van der Waals surface area contributed by atoms with Gasteiger partial charge in [0.05, 0.1) is 10.7 Å². The van der Waals surface area contributed by atoms with Crippen LogP contribution in [-0.4, -0.2) is 13.1 Å². The Bertz CT molecular complexity index is 620. The molecular weight excluding hydrogens is 283 g/mol. The van der Waals surface area contributed by atoms with E-state index in [9.17, 15) is 9.18 Å². The number of benzene rings is 2. The summed E-state index contributed by atoms with van der Waals surface area (Å²) in [5.41, 5.74) is 0.277. The lowest BCUT2D eigenvalue weighted by Crippen LogP contribution is -2.24. The fourth-order valence-corrected chi connectivity index (χ4v) is 1.67. The maximum Gasteiger partial charge on any atom is 0.319 e. The van der Waals surface area contributed by atoms with Gasteiger partial charge in [0.25, 0.3) is 0 Å². The number of carbonyl (C=O) groups is 1. The molecule has 0 aliphatic rings. The van der Waals surface area contributed by atoms with Gasteiger partial charge >= 0.3 is 6.03 Å². The van der Waals surface area contributed by atoms with Gasteiger partial charge in [0.2, 0.25) is 0 Å². The van der Waals surface area contributed by atoms with E-state index in [4.69, 9.17) is 16.3 Å². The van der Waals surface area contributed by atoms with Crippen molar-refractivity contribution < 1.29 is 13.9 Å². The van der Waals surface area contributed by atoms with Gasteiger partial charge in [-0.25, -0.2) is 9.18 Å². The number of anilines is 1. The molecular formula is C14H12ClFN2O2. The van der Waals surface area contributed by atoms with Crippen LogP contribution in [0.2, 0.25) is 5.02 Å². The summed E-state index contributed by atoms with van der Waals surface area (Å²) in [6, 6.07) is 10.8. The Morgan fingerprint density at radius 2 is 1.95 bits per heavy atom. The minimum atomic E-state index is -0.625. The van der Waals surface area contributed by atoms with E-state index in [0.29, 0.717) is 5.75 Å². The number of nitrogens with one attached hydrogen (secondary N) is 2. The average Bonchev–Trinajstić information content (AvgIpc) is 2.45. The molecule has 6 heteroatoms. The maximum atomic E-state index is 13.5. The Morgan fingerprint density at radius 3 is 2.60 bits per heavy atom. The molecule has 104 valence electrons. The second-order valence-corrected chi connectivity index (χ2v) is 4.29. The molecule has 20 heavy (non-hydrogen) atoms. The van der Waals surface area contributed by atoms with Gasteiger partial charge in [-0.05, 0) is 18.2 Å². The number of ether oxygens (including phenoxy) is 1. The summed E-state index contributed by atoms with van der Waals surface area (Å²) in [4.78, 5) is 11.4. The van der Waals surface area contributed by atoms with Crippen LogP contribution in [0.5, 0.6) is 11.5 Å². The Balaban J connectivity index is 2.34. The lowest BCUT2D eigenvalue weighted by molar-refractivity contribution is 0.254. The number of hydrogen-bond acceptors (Lipinski definition) is 2. The van der Waals surface area contributed by atoms with Gasteiger partial charge in [-0.3, -0.25) is 0 Å². The number of rotatable bonds is 3. The molecule has 0 aliphatic carbocycles. The topological polar surface area (TPSA) is 50.4 Å². The van der Waals surface area contributed by atoms with E-state index in [1.807, 2.05) is 6.07 Å². The third-order valence-corrected chi connectivity index (χ3v) is 2.76. The van der Waals surface area contributed by atoms with Gasteiger partial charge in [-0.15, -0.1) is 0 Å². The zero-order valence-corrected chi connectivity index (χ0v) is 11.4. The van der Waals surface area contributed by atoms with Crippen molar-refractivity contribution >= 4 is 23.3 Å². The molecule has 2 N–H and O–H groups in total. The summed E-state index contributed by atoms with van der Waals surface area (Å²) in [6.45, 7) is 0. The molecule has 0 aliphatic heterocycles. The van der Waals surface area contributed by atoms with Crippen molar-refractivity contribution in [3.8, 4) is 11.5 Å². The molecule has 0 atom stereocenters. The first-order valence-electron chi connectivity index (χ1n) is 5.81. The van der Waals surface area contributed by atoms with Crippen molar-refractivity contribution in [2.24, 2.45) is 0 Å². The Kier molecular flexibility index (Phi) is 4.42. The Hall–Kier alpha value is -2.27. The first-order valence-corrected chi connectivity index (χ1v) is 6.18. The van der Waals surface area contributed by atoms with Gasteiger partial charge in [-0.1, -0.05) is 29.8 Å². The Labute approximate surface area is 120 Å². The number of halogens is 2. The average molecular weight is 295 g/mol. The largest absolute Gasteiger partial charge is 0.455 e. The van der Waals surface area contributed by atoms with Crippen LogP contribution < -0.4 is 15.4 Å².